The van der Waals surface area contributed by atoms with Crippen LogP contribution in [0.4, 0.5) is 4.39 Å². The summed E-state index contributed by atoms with van der Waals surface area (Å²) in [5.41, 5.74) is 3.63. The van der Waals surface area contributed by atoms with Crippen LogP contribution < -0.4 is 5.43 Å². The first-order chi connectivity index (χ1) is 9.13. The molecule has 1 aliphatic rings. The van der Waals surface area contributed by atoms with E-state index in [0.717, 1.165) is 31.7 Å². The maximum absolute atomic E-state index is 12.7. The average molecular weight is 263 g/mol. The van der Waals surface area contributed by atoms with Gasteiger partial charge in [0, 0.05) is 32.3 Å². The van der Waals surface area contributed by atoms with Gasteiger partial charge in [-0.2, -0.15) is 0 Å². The zero-order valence-corrected chi connectivity index (χ0v) is 11.0. The van der Waals surface area contributed by atoms with Crippen LogP contribution in [0.2, 0.25) is 0 Å². The van der Waals surface area contributed by atoms with Gasteiger partial charge in [0.15, 0.2) is 0 Å². The van der Waals surface area contributed by atoms with Gasteiger partial charge >= 0.3 is 0 Å². The number of amides is 1. The molecule has 0 bridgehead atoms. The van der Waals surface area contributed by atoms with Gasteiger partial charge in [0.25, 0.3) is 5.91 Å². The maximum Gasteiger partial charge on any atom is 0.258 e. The van der Waals surface area contributed by atoms with E-state index in [1.54, 1.807) is 18.2 Å². The largest absolute Gasteiger partial charge is 0.304 e. The molecule has 1 fully saturated rings. The second kappa shape index (κ2) is 6.45. The van der Waals surface area contributed by atoms with Gasteiger partial charge in [-0.25, -0.2) is 9.40 Å². The Morgan fingerprint density at radius 1 is 1.21 bits per heavy atom. The summed E-state index contributed by atoms with van der Waals surface area (Å²) in [6.07, 6.45) is 3.14. The number of nitrogens with one attached hydrogen (secondary N) is 1. The minimum atomic E-state index is -0.279. The molecule has 2 rings (SSSR count). The molecule has 1 aromatic carbocycles. The highest BCUT2D eigenvalue weighted by molar-refractivity contribution is 5.91. The van der Waals surface area contributed by atoms with Gasteiger partial charge < -0.3 is 4.90 Å². The van der Waals surface area contributed by atoms with E-state index < -0.39 is 0 Å². The van der Waals surface area contributed by atoms with Crippen LogP contribution in [-0.2, 0) is 4.79 Å². The van der Waals surface area contributed by atoms with Crippen molar-refractivity contribution in [3.05, 3.63) is 41.7 Å². The fourth-order valence-electron chi connectivity index (χ4n) is 1.86. The molecule has 0 spiro atoms. The molecular formula is C14H18FN3O. The number of benzene rings is 1. The third-order valence-electron chi connectivity index (χ3n) is 3.07. The molecule has 0 saturated carbocycles. The van der Waals surface area contributed by atoms with Crippen molar-refractivity contribution in [3.63, 3.8) is 0 Å². The Kier molecular flexibility index (Phi) is 4.65. The van der Waals surface area contributed by atoms with Gasteiger partial charge in [0.05, 0.1) is 0 Å². The Bertz CT molecular complexity index is 450. The number of nitrogens with zero attached hydrogens (tertiary/aromatic N) is 2. The predicted molar refractivity (Wildman–Crippen MR) is 72.6 cm³/mol. The van der Waals surface area contributed by atoms with Gasteiger partial charge in [0.1, 0.15) is 5.82 Å². The molecule has 0 unspecified atom stereocenters. The van der Waals surface area contributed by atoms with Gasteiger partial charge in [-0.3, -0.25) is 10.2 Å². The second-order valence-electron chi connectivity index (χ2n) is 4.65. The summed E-state index contributed by atoms with van der Waals surface area (Å²) in [5, 5.41) is 1.91. The molecule has 5 heteroatoms. The normalized spacial score (nSPS) is 17.8. The highest BCUT2D eigenvalue weighted by atomic mass is 19.1. The first-order valence-electron chi connectivity index (χ1n) is 6.31. The first-order valence-corrected chi connectivity index (χ1v) is 6.31. The zero-order valence-electron chi connectivity index (χ0n) is 11.0. The summed E-state index contributed by atoms with van der Waals surface area (Å²) >= 11 is 0. The van der Waals surface area contributed by atoms with Crippen molar-refractivity contribution in [1.82, 2.24) is 15.3 Å². The SMILES string of the molecule is CN1CCN(NC(=O)/C=C/c2ccc(F)cc2)CC1. The predicted octanol–water partition coefficient (Wildman–Crippen LogP) is 1.12. The summed E-state index contributed by atoms with van der Waals surface area (Å²) in [5.74, 6) is -0.437. The fourth-order valence-corrected chi connectivity index (χ4v) is 1.86. The number of carbonyl (C=O) groups is 1. The molecule has 0 atom stereocenters. The van der Waals surface area contributed by atoms with Crippen molar-refractivity contribution < 1.29 is 9.18 Å². The third-order valence-corrected chi connectivity index (χ3v) is 3.07. The van der Waals surface area contributed by atoms with Gasteiger partial charge in [0.2, 0.25) is 0 Å². The highest BCUT2D eigenvalue weighted by Gasteiger charge is 2.14. The molecule has 0 radical (unpaired) electrons. The third kappa shape index (κ3) is 4.46. The van der Waals surface area contributed by atoms with Crippen LogP contribution in [-0.4, -0.2) is 49.0 Å². The van der Waals surface area contributed by atoms with Gasteiger partial charge in [-0.05, 0) is 30.8 Å². The van der Waals surface area contributed by atoms with Crippen molar-refractivity contribution in [2.75, 3.05) is 33.2 Å². The monoisotopic (exact) mass is 263 g/mol. The standard InChI is InChI=1S/C14H18FN3O/c1-17-8-10-18(11-9-17)16-14(19)7-4-12-2-5-13(15)6-3-12/h2-7H,8-11H2,1H3,(H,16,19)/b7-4+. The van der Waals surface area contributed by atoms with E-state index in [-0.39, 0.29) is 11.7 Å². The lowest BCUT2D eigenvalue weighted by atomic mass is 10.2. The van der Waals surface area contributed by atoms with E-state index in [1.807, 2.05) is 5.01 Å². The summed E-state index contributed by atoms with van der Waals surface area (Å²) in [6.45, 7) is 3.54. The lowest BCUT2D eigenvalue weighted by Crippen LogP contribution is -2.52. The molecule has 19 heavy (non-hydrogen) atoms. The van der Waals surface area contributed by atoms with Gasteiger partial charge in [-0.1, -0.05) is 12.1 Å². The number of likely N-dealkylation sites (N-methyl/N-ethyl adjacent to an activating group) is 1. The number of carbonyl (C=O) groups excluding carboxylic acids is 1. The van der Waals surface area contributed by atoms with Crippen molar-refractivity contribution >= 4 is 12.0 Å². The quantitative estimate of drug-likeness (QED) is 0.830. The average Bonchev–Trinajstić information content (AvgIpc) is 2.41. The van der Waals surface area contributed by atoms with E-state index in [0.29, 0.717) is 0 Å². The van der Waals surface area contributed by atoms with Crippen LogP contribution >= 0.6 is 0 Å². The second-order valence-corrected chi connectivity index (χ2v) is 4.65. The minimum absolute atomic E-state index is 0.158. The lowest BCUT2D eigenvalue weighted by Gasteiger charge is -2.31. The van der Waals surface area contributed by atoms with E-state index in [2.05, 4.69) is 17.4 Å². The number of rotatable bonds is 3. The van der Waals surface area contributed by atoms with Crippen LogP contribution in [0.15, 0.2) is 30.3 Å². The molecule has 1 saturated heterocycles. The molecule has 4 nitrogen and oxygen atoms in total. The molecule has 0 aromatic heterocycles. The number of hydrazine groups is 1. The Morgan fingerprint density at radius 3 is 2.47 bits per heavy atom. The summed E-state index contributed by atoms with van der Waals surface area (Å²) in [7, 11) is 2.06. The molecule has 1 heterocycles. The van der Waals surface area contributed by atoms with Crippen LogP contribution in [0.25, 0.3) is 6.08 Å². The van der Waals surface area contributed by atoms with E-state index in [1.165, 1.54) is 18.2 Å². The summed E-state index contributed by atoms with van der Waals surface area (Å²) in [6, 6.07) is 6.01. The van der Waals surface area contributed by atoms with E-state index >= 15 is 0 Å². The van der Waals surface area contributed by atoms with E-state index in [4.69, 9.17) is 0 Å². The number of hydrogen-bond donors (Lipinski definition) is 1. The lowest BCUT2D eigenvalue weighted by molar-refractivity contribution is -0.121. The van der Waals surface area contributed by atoms with Crippen LogP contribution in [0.3, 0.4) is 0 Å². The Morgan fingerprint density at radius 2 is 1.84 bits per heavy atom. The smallest absolute Gasteiger partial charge is 0.258 e. The van der Waals surface area contributed by atoms with Crippen molar-refractivity contribution in [2.24, 2.45) is 0 Å². The molecule has 102 valence electrons. The van der Waals surface area contributed by atoms with Crippen LogP contribution in [0.5, 0.6) is 0 Å². The first kappa shape index (κ1) is 13.7. The minimum Gasteiger partial charge on any atom is -0.304 e. The molecule has 1 amide bonds. The zero-order chi connectivity index (χ0) is 13.7. The van der Waals surface area contributed by atoms with E-state index in [9.17, 15) is 9.18 Å². The van der Waals surface area contributed by atoms with Crippen molar-refractivity contribution in [1.29, 1.82) is 0 Å². The molecular weight excluding hydrogens is 245 g/mol. The van der Waals surface area contributed by atoms with Crippen molar-refractivity contribution in [2.45, 2.75) is 0 Å². The Balaban J connectivity index is 1.82. The van der Waals surface area contributed by atoms with Crippen molar-refractivity contribution in [3.8, 4) is 0 Å². The number of halogens is 1. The topological polar surface area (TPSA) is 35.6 Å². The fraction of sp³-hybridized carbons (Fsp3) is 0.357. The number of hydrogen-bond acceptors (Lipinski definition) is 3. The summed E-state index contributed by atoms with van der Waals surface area (Å²) < 4.78 is 12.7. The molecule has 0 aliphatic carbocycles. The Hall–Kier alpha value is -1.72. The molecule has 1 aliphatic heterocycles. The molecule has 1 aromatic rings. The maximum atomic E-state index is 12.7. The van der Waals surface area contributed by atoms with Crippen LogP contribution in [0.1, 0.15) is 5.56 Å². The highest BCUT2D eigenvalue weighted by Crippen LogP contribution is 2.04. The number of piperazine rings is 1. The van der Waals surface area contributed by atoms with Crippen LogP contribution in [0, 0.1) is 5.82 Å². The summed E-state index contributed by atoms with van der Waals surface area (Å²) in [4.78, 5) is 13.9. The van der Waals surface area contributed by atoms with Gasteiger partial charge in [-0.15, -0.1) is 0 Å². The molecule has 1 N–H and O–H groups in total. The Labute approximate surface area is 112 Å².